The molecule has 0 spiro atoms. The van der Waals surface area contributed by atoms with Gasteiger partial charge in [0.2, 0.25) is 5.75 Å². The number of nitro benzene ring substituents is 2. The number of nitro groups is 2. The lowest BCUT2D eigenvalue weighted by Crippen LogP contribution is -2.28. The molecule has 0 amide bonds. The molecular formula is C20H15F3N2O9. The summed E-state index contributed by atoms with van der Waals surface area (Å²) in [5.41, 5.74) is -3.80. The predicted octanol–water partition coefficient (Wildman–Crippen LogP) is 4.27. The van der Waals surface area contributed by atoms with Crippen LogP contribution in [0.25, 0.3) is 0 Å². The first-order valence-electron chi connectivity index (χ1n) is 9.19. The molecule has 1 atom stereocenters. The molecular weight excluding hydrogens is 469 g/mol. The SMILES string of the molecule is COC(=O)C(CC(C)=O)C(=O)c1cc(Oc2ccc(C(F)(F)F)cc2[N+](=O)[O-])ccc1[N+](=O)[O-]. The fourth-order valence-corrected chi connectivity index (χ4v) is 2.89. The maximum atomic E-state index is 12.9. The summed E-state index contributed by atoms with van der Waals surface area (Å²) >= 11 is 0. The smallest absolute Gasteiger partial charge is 0.416 e. The van der Waals surface area contributed by atoms with Crippen molar-refractivity contribution in [3.8, 4) is 11.5 Å². The Morgan fingerprint density at radius 2 is 1.62 bits per heavy atom. The van der Waals surface area contributed by atoms with Crippen LogP contribution in [0.4, 0.5) is 24.5 Å². The Morgan fingerprint density at radius 3 is 2.12 bits per heavy atom. The summed E-state index contributed by atoms with van der Waals surface area (Å²) < 4.78 is 48.4. The Bertz CT molecular complexity index is 1180. The fourth-order valence-electron chi connectivity index (χ4n) is 2.89. The normalized spacial score (nSPS) is 11.9. The molecule has 14 heteroatoms. The van der Waals surface area contributed by atoms with Crippen molar-refractivity contribution in [1.29, 1.82) is 0 Å². The lowest BCUT2D eigenvalue weighted by molar-refractivity contribution is -0.385. The summed E-state index contributed by atoms with van der Waals surface area (Å²) in [6.07, 6.45) is -5.48. The number of carbonyl (C=O) groups is 3. The van der Waals surface area contributed by atoms with Crippen LogP contribution in [0.3, 0.4) is 0 Å². The van der Waals surface area contributed by atoms with Gasteiger partial charge in [-0.25, -0.2) is 0 Å². The van der Waals surface area contributed by atoms with E-state index >= 15 is 0 Å². The molecule has 0 bridgehead atoms. The number of hydrogen-bond donors (Lipinski definition) is 0. The maximum Gasteiger partial charge on any atom is 0.416 e. The Morgan fingerprint density at radius 1 is 1.00 bits per heavy atom. The van der Waals surface area contributed by atoms with Crippen molar-refractivity contribution in [3.63, 3.8) is 0 Å². The molecule has 180 valence electrons. The topological polar surface area (TPSA) is 156 Å². The molecule has 0 saturated heterocycles. The summed E-state index contributed by atoms with van der Waals surface area (Å²) in [6.45, 7) is 1.08. The van der Waals surface area contributed by atoms with Gasteiger partial charge in [-0.15, -0.1) is 0 Å². The first kappa shape index (κ1) is 25.9. The molecule has 0 aliphatic carbocycles. The number of alkyl halides is 3. The molecule has 0 aliphatic rings. The van der Waals surface area contributed by atoms with Crippen molar-refractivity contribution in [1.82, 2.24) is 0 Å². The highest BCUT2D eigenvalue weighted by Crippen LogP contribution is 2.38. The molecule has 0 N–H and O–H groups in total. The van der Waals surface area contributed by atoms with E-state index < -0.39 is 74.1 Å². The third-order valence-electron chi connectivity index (χ3n) is 4.43. The standard InChI is InChI=1S/C20H15F3N2O9/c1-10(26)7-14(19(28)33-2)18(27)13-9-12(4-5-15(13)24(29)30)34-17-6-3-11(20(21,22)23)8-16(17)25(31)32/h3-6,8-9,14H,7H2,1-2H3. The largest absolute Gasteiger partial charge is 0.468 e. The van der Waals surface area contributed by atoms with Crippen LogP contribution in [0, 0.1) is 26.1 Å². The average molecular weight is 484 g/mol. The molecule has 0 aliphatic heterocycles. The number of methoxy groups -OCH3 is 1. The predicted molar refractivity (Wildman–Crippen MR) is 106 cm³/mol. The zero-order valence-corrected chi connectivity index (χ0v) is 17.5. The van der Waals surface area contributed by atoms with Gasteiger partial charge in [0, 0.05) is 18.6 Å². The van der Waals surface area contributed by atoms with Gasteiger partial charge in [-0.1, -0.05) is 0 Å². The Balaban J connectivity index is 2.56. The summed E-state index contributed by atoms with van der Waals surface area (Å²) in [6, 6.07) is 4.00. The highest BCUT2D eigenvalue weighted by atomic mass is 19.4. The van der Waals surface area contributed by atoms with Crippen LogP contribution in [0.15, 0.2) is 36.4 Å². The van der Waals surface area contributed by atoms with Gasteiger partial charge >= 0.3 is 17.8 Å². The first-order chi connectivity index (χ1) is 15.8. The molecule has 0 fully saturated rings. The maximum absolute atomic E-state index is 12.9. The molecule has 0 radical (unpaired) electrons. The van der Waals surface area contributed by atoms with Gasteiger partial charge in [-0.05, 0) is 31.2 Å². The number of esters is 1. The lowest BCUT2D eigenvalue weighted by atomic mass is 9.92. The molecule has 0 saturated carbocycles. The fraction of sp³-hybridized carbons (Fsp3) is 0.250. The zero-order valence-electron chi connectivity index (χ0n) is 17.5. The molecule has 0 heterocycles. The van der Waals surface area contributed by atoms with Crippen molar-refractivity contribution in [3.05, 3.63) is 67.8 Å². The number of rotatable bonds is 9. The summed E-state index contributed by atoms with van der Waals surface area (Å²) in [5, 5.41) is 22.6. The highest BCUT2D eigenvalue weighted by Gasteiger charge is 2.35. The van der Waals surface area contributed by atoms with Crippen molar-refractivity contribution < 1.29 is 46.9 Å². The molecule has 2 rings (SSSR count). The number of hydrogen-bond acceptors (Lipinski definition) is 9. The zero-order chi connectivity index (χ0) is 25.8. The molecule has 0 aromatic heterocycles. The van der Waals surface area contributed by atoms with E-state index in [1.54, 1.807) is 0 Å². The van der Waals surface area contributed by atoms with Gasteiger partial charge < -0.3 is 9.47 Å². The number of benzene rings is 2. The third-order valence-corrected chi connectivity index (χ3v) is 4.43. The van der Waals surface area contributed by atoms with Gasteiger partial charge in [0.1, 0.15) is 17.5 Å². The number of nitrogens with zero attached hydrogens (tertiary/aromatic N) is 2. The molecule has 1 unspecified atom stereocenters. The van der Waals surface area contributed by atoms with E-state index in [0.29, 0.717) is 12.1 Å². The van der Waals surface area contributed by atoms with Crippen LogP contribution in [-0.2, 0) is 20.5 Å². The Labute approximate surface area is 188 Å². The minimum Gasteiger partial charge on any atom is -0.468 e. The minimum atomic E-state index is -4.87. The van der Waals surface area contributed by atoms with E-state index in [0.717, 1.165) is 32.2 Å². The quantitative estimate of drug-likeness (QED) is 0.167. The lowest BCUT2D eigenvalue weighted by Gasteiger charge is -2.14. The number of Topliss-reactive ketones (excluding diaryl/α,β-unsaturated/α-hetero) is 2. The van der Waals surface area contributed by atoms with Crippen molar-refractivity contribution in [2.24, 2.45) is 5.92 Å². The van der Waals surface area contributed by atoms with Crippen molar-refractivity contribution in [2.45, 2.75) is 19.5 Å². The van der Waals surface area contributed by atoms with Crippen LogP contribution >= 0.6 is 0 Å². The van der Waals surface area contributed by atoms with E-state index in [9.17, 15) is 47.8 Å². The van der Waals surface area contributed by atoms with Crippen LogP contribution in [0.1, 0.15) is 29.3 Å². The number of carbonyl (C=O) groups excluding carboxylic acids is 3. The van der Waals surface area contributed by atoms with E-state index in [1.807, 2.05) is 0 Å². The second kappa shape index (κ2) is 10.1. The van der Waals surface area contributed by atoms with E-state index in [-0.39, 0.29) is 11.8 Å². The second-order valence-electron chi connectivity index (χ2n) is 6.82. The first-order valence-corrected chi connectivity index (χ1v) is 9.19. The summed E-state index contributed by atoms with van der Waals surface area (Å²) in [7, 11) is 0.945. The molecule has 2 aromatic rings. The van der Waals surface area contributed by atoms with E-state index in [4.69, 9.17) is 4.74 Å². The number of ketones is 2. The van der Waals surface area contributed by atoms with Crippen LogP contribution in [-0.4, -0.2) is 34.5 Å². The minimum absolute atomic E-state index is 0.243. The summed E-state index contributed by atoms with van der Waals surface area (Å²) in [5.74, 6) is -5.60. The van der Waals surface area contributed by atoms with Crippen molar-refractivity contribution >= 4 is 28.9 Å². The van der Waals surface area contributed by atoms with Gasteiger partial charge in [-0.2, -0.15) is 13.2 Å². The van der Waals surface area contributed by atoms with E-state index in [1.165, 1.54) is 0 Å². The average Bonchev–Trinajstić information content (AvgIpc) is 2.75. The summed E-state index contributed by atoms with van der Waals surface area (Å²) in [4.78, 5) is 56.9. The number of halogens is 3. The second-order valence-corrected chi connectivity index (χ2v) is 6.82. The van der Waals surface area contributed by atoms with Crippen molar-refractivity contribution in [2.75, 3.05) is 7.11 Å². The van der Waals surface area contributed by atoms with Crippen LogP contribution in [0.5, 0.6) is 11.5 Å². The Kier molecular flexibility index (Phi) is 7.66. The van der Waals surface area contributed by atoms with Gasteiger partial charge in [0.05, 0.1) is 28.1 Å². The Hall–Kier alpha value is -4.36. The van der Waals surface area contributed by atoms with Gasteiger partial charge in [0.15, 0.2) is 5.78 Å². The third kappa shape index (κ3) is 5.90. The number of ether oxygens (including phenoxy) is 2. The van der Waals surface area contributed by atoms with E-state index in [2.05, 4.69) is 4.74 Å². The van der Waals surface area contributed by atoms with Gasteiger partial charge in [0.25, 0.3) is 5.69 Å². The molecule has 2 aromatic carbocycles. The monoisotopic (exact) mass is 484 g/mol. The van der Waals surface area contributed by atoms with Crippen LogP contribution < -0.4 is 4.74 Å². The molecule has 34 heavy (non-hydrogen) atoms. The highest BCUT2D eigenvalue weighted by molar-refractivity contribution is 6.12. The molecule has 11 nitrogen and oxygen atoms in total. The van der Waals surface area contributed by atoms with Gasteiger partial charge in [-0.3, -0.25) is 34.6 Å². The van der Waals surface area contributed by atoms with Crippen LogP contribution in [0.2, 0.25) is 0 Å².